The SMILES string of the molecule is Cc1cccc(-c2ccc(N3CCN(S(=O)(=O)c4ccccc4)CC3)cc2)c1C. The van der Waals surface area contributed by atoms with Gasteiger partial charge < -0.3 is 4.90 Å². The Bertz CT molecular complexity index is 1090. The molecule has 0 unspecified atom stereocenters. The van der Waals surface area contributed by atoms with Crippen LogP contribution in [0.15, 0.2) is 77.7 Å². The van der Waals surface area contributed by atoms with Crippen molar-refractivity contribution >= 4 is 15.7 Å². The lowest BCUT2D eigenvalue weighted by Crippen LogP contribution is -2.48. The van der Waals surface area contributed by atoms with E-state index in [0.29, 0.717) is 31.1 Å². The van der Waals surface area contributed by atoms with Gasteiger partial charge in [-0.25, -0.2) is 8.42 Å². The van der Waals surface area contributed by atoms with E-state index in [1.165, 1.54) is 22.3 Å². The molecule has 0 aromatic heterocycles. The second-order valence-electron chi connectivity index (χ2n) is 7.50. The number of anilines is 1. The Hall–Kier alpha value is -2.63. The first-order chi connectivity index (χ1) is 14.0. The van der Waals surface area contributed by atoms with E-state index in [1.54, 1.807) is 28.6 Å². The standard InChI is InChI=1S/C24H26N2O2S/c1-19-7-6-10-24(20(19)2)21-11-13-22(14-12-21)25-15-17-26(18-16-25)29(27,28)23-8-4-3-5-9-23/h3-14H,15-18H2,1-2H3. The zero-order valence-electron chi connectivity index (χ0n) is 16.9. The highest BCUT2D eigenvalue weighted by atomic mass is 32.2. The van der Waals surface area contributed by atoms with Crippen LogP contribution in [-0.2, 0) is 10.0 Å². The Morgan fingerprint density at radius 3 is 2.03 bits per heavy atom. The fourth-order valence-corrected chi connectivity index (χ4v) is 5.29. The van der Waals surface area contributed by atoms with Crippen molar-refractivity contribution in [3.05, 3.63) is 83.9 Å². The second-order valence-corrected chi connectivity index (χ2v) is 9.44. The van der Waals surface area contributed by atoms with Crippen LogP contribution in [0.25, 0.3) is 11.1 Å². The van der Waals surface area contributed by atoms with E-state index >= 15 is 0 Å². The Morgan fingerprint density at radius 1 is 0.724 bits per heavy atom. The van der Waals surface area contributed by atoms with Crippen LogP contribution in [0.4, 0.5) is 5.69 Å². The summed E-state index contributed by atoms with van der Waals surface area (Å²) in [5.74, 6) is 0. The number of sulfonamides is 1. The molecule has 1 saturated heterocycles. The summed E-state index contributed by atoms with van der Waals surface area (Å²) < 4.78 is 27.2. The Morgan fingerprint density at radius 2 is 1.38 bits per heavy atom. The molecule has 3 aromatic rings. The molecule has 0 atom stereocenters. The molecule has 29 heavy (non-hydrogen) atoms. The van der Waals surface area contributed by atoms with Gasteiger partial charge in [0.2, 0.25) is 10.0 Å². The highest BCUT2D eigenvalue weighted by Crippen LogP contribution is 2.28. The van der Waals surface area contributed by atoms with Crippen molar-refractivity contribution in [3.8, 4) is 11.1 Å². The third kappa shape index (κ3) is 3.93. The molecular formula is C24H26N2O2S. The molecule has 0 amide bonds. The van der Waals surface area contributed by atoms with Crippen molar-refractivity contribution in [1.29, 1.82) is 0 Å². The molecule has 0 radical (unpaired) electrons. The van der Waals surface area contributed by atoms with Gasteiger partial charge in [0.1, 0.15) is 0 Å². The molecule has 4 rings (SSSR count). The summed E-state index contributed by atoms with van der Waals surface area (Å²) in [7, 11) is -3.41. The van der Waals surface area contributed by atoms with Crippen LogP contribution in [-0.4, -0.2) is 38.9 Å². The first-order valence-electron chi connectivity index (χ1n) is 9.93. The average Bonchev–Trinajstić information content (AvgIpc) is 2.76. The van der Waals surface area contributed by atoms with E-state index in [1.807, 2.05) is 6.07 Å². The summed E-state index contributed by atoms with van der Waals surface area (Å²) in [6.45, 7) is 6.66. The number of hydrogen-bond acceptors (Lipinski definition) is 3. The van der Waals surface area contributed by atoms with Gasteiger partial charge in [-0.3, -0.25) is 0 Å². The lowest BCUT2D eigenvalue weighted by atomic mass is 9.97. The number of aryl methyl sites for hydroxylation is 1. The van der Waals surface area contributed by atoms with Gasteiger partial charge in [-0.05, 0) is 60.4 Å². The van der Waals surface area contributed by atoms with Crippen molar-refractivity contribution < 1.29 is 8.42 Å². The largest absolute Gasteiger partial charge is 0.369 e. The molecule has 1 aliphatic rings. The van der Waals surface area contributed by atoms with Gasteiger partial charge in [-0.2, -0.15) is 4.31 Å². The summed E-state index contributed by atoms with van der Waals surface area (Å²) in [6.07, 6.45) is 0. The van der Waals surface area contributed by atoms with E-state index in [2.05, 4.69) is 61.2 Å². The van der Waals surface area contributed by atoms with Crippen LogP contribution in [0.1, 0.15) is 11.1 Å². The van der Waals surface area contributed by atoms with Gasteiger partial charge in [-0.15, -0.1) is 0 Å². The molecule has 1 aliphatic heterocycles. The summed E-state index contributed by atoms with van der Waals surface area (Å²) in [4.78, 5) is 2.62. The number of rotatable bonds is 4. The minimum absolute atomic E-state index is 0.367. The maximum atomic E-state index is 12.8. The molecule has 0 saturated carbocycles. The van der Waals surface area contributed by atoms with E-state index in [0.717, 1.165) is 5.69 Å². The normalized spacial score (nSPS) is 15.4. The predicted molar refractivity (Wildman–Crippen MR) is 119 cm³/mol. The summed E-state index contributed by atoms with van der Waals surface area (Å²) in [6, 6.07) is 23.7. The van der Waals surface area contributed by atoms with Gasteiger partial charge >= 0.3 is 0 Å². The molecule has 3 aromatic carbocycles. The van der Waals surface area contributed by atoms with Gasteiger partial charge in [-0.1, -0.05) is 48.5 Å². The summed E-state index contributed by atoms with van der Waals surface area (Å²) in [5, 5.41) is 0. The van der Waals surface area contributed by atoms with Crippen molar-refractivity contribution in [2.24, 2.45) is 0 Å². The van der Waals surface area contributed by atoms with Crippen molar-refractivity contribution in [3.63, 3.8) is 0 Å². The van der Waals surface area contributed by atoms with Gasteiger partial charge in [0.05, 0.1) is 4.90 Å². The lowest BCUT2D eigenvalue weighted by molar-refractivity contribution is 0.385. The average molecular weight is 407 g/mol. The lowest BCUT2D eigenvalue weighted by Gasteiger charge is -2.35. The number of hydrogen-bond donors (Lipinski definition) is 0. The van der Waals surface area contributed by atoms with Crippen molar-refractivity contribution in [1.82, 2.24) is 4.31 Å². The predicted octanol–water partition coefficient (Wildman–Crippen LogP) is 4.48. The van der Waals surface area contributed by atoms with E-state index in [9.17, 15) is 8.42 Å². The monoisotopic (exact) mass is 406 g/mol. The summed E-state index contributed by atoms with van der Waals surface area (Å²) in [5.41, 5.74) is 6.20. The Labute approximate surface area is 173 Å². The Balaban J connectivity index is 1.46. The van der Waals surface area contributed by atoms with Gasteiger partial charge in [0.15, 0.2) is 0 Å². The first kappa shape index (κ1) is 19.7. The van der Waals surface area contributed by atoms with Crippen LogP contribution in [0.5, 0.6) is 0 Å². The van der Waals surface area contributed by atoms with E-state index in [-0.39, 0.29) is 0 Å². The minimum Gasteiger partial charge on any atom is -0.369 e. The first-order valence-corrected chi connectivity index (χ1v) is 11.4. The number of benzene rings is 3. The molecule has 1 heterocycles. The zero-order chi connectivity index (χ0) is 20.4. The molecule has 1 fully saturated rings. The van der Waals surface area contributed by atoms with Gasteiger partial charge in [0, 0.05) is 31.9 Å². The van der Waals surface area contributed by atoms with Crippen LogP contribution >= 0.6 is 0 Å². The number of piperazine rings is 1. The molecule has 150 valence electrons. The van der Waals surface area contributed by atoms with Crippen molar-refractivity contribution in [2.45, 2.75) is 18.7 Å². The number of nitrogens with zero attached hydrogens (tertiary/aromatic N) is 2. The molecule has 0 N–H and O–H groups in total. The molecular weight excluding hydrogens is 380 g/mol. The molecule has 0 bridgehead atoms. The van der Waals surface area contributed by atoms with Crippen LogP contribution in [0.2, 0.25) is 0 Å². The third-order valence-electron chi connectivity index (χ3n) is 5.77. The maximum Gasteiger partial charge on any atom is 0.243 e. The summed E-state index contributed by atoms with van der Waals surface area (Å²) >= 11 is 0. The van der Waals surface area contributed by atoms with E-state index in [4.69, 9.17) is 0 Å². The van der Waals surface area contributed by atoms with Crippen LogP contribution < -0.4 is 4.90 Å². The fraction of sp³-hybridized carbons (Fsp3) is 0.250. The van der Waals surface area contributed by atoms with Crippen LogP contribution in [0.3, 0.4) is 0 Å². The highest BCUT2D eigenvalue weighted by molar-refractivity contribution is 7.89. The van der Waals surface area contributed by atoms with Crippen LogP contribution in [0, 0.1) is 13.8 Å². The van der Waals surface area contributed by atoms with E-state index < -0.39 is 10.0 Å². The van der Waals surface area contributed by atoms with Gasteiger partial charge in [0.25, 0.3) is 0 Å². The topological polar surface area (TPSA) is 40.6 Å². The fourth-order valence-electron chi connectivity index (χ4n) is 3.84. The smallest absolute Gasteiger partial charge is 0.243 e. The zero-order valence-corrected chi connectivity index (χ0v) is 17.7. The molecule has 0 aliphatic carbocycles. The maximum absolute atomic E-state index is 12.8. The highest BCUT2D eigenvalue weighted by Gasteiger charge is 2.28. The third-order valence-corrected chi connectivity index (χ3v) is 7.68. The Kier molecular flexibility index (Phi) is 5.43. The molecule has 5 heteroatoms. The van der Waals surface area contributed by atoms with Crippen molar-refractivity contribution in [2.75, 3.05) is 31.1 Å². The quantitative estimate of drug-likeness (QED) is 0.641. The molecule has 0 spiro atoms. The minimum atomic E-state index is -3.41. The second kappa shape index (κ2) is 8.01. The molecule has 4 nitrogen and oxygen atoms in total.